The summed E-state index contributed by atoms with van der Waals surface area (Å²) < 4.78 is 0. The van der Waals surface area contributed by atoms with E-state index in [0.717, 1.165) is 45.4 Å². The van der Waals surface area contributed by atoms with Gasteiger partial charge in [0, 0.05) is 66.2 Å². The van der Waals surface area contributed by atoms with Gasteiger partial charge in [-0.2, -0.15) is 0 Å². The van der Waals surface area contributed by atoms with Crippen LogP contribution in [0.1, 0.15) is 32.1 Å². The zero-order valence-corrected chi connectivity index (χ0v) is 15.0. The Balaban J connectivity index is 1.69. The molecule has 2 aliphatic rings. The molecule has 0 saturated carbocycles. The van der Waals surface area contributed by atoms with Crippen LogP contribution in [0.2, 0.25) is 0 Å². The molecule has 136 valence electrons. The van der Waals surface area contributed by atoms with Gasteiger partial charge in [-0.3, -0.25) is 19.3 Å². The number of likely N-dealkylation sites (N-methyl/N-ethyl adjacent to an activating group) is 1. The lowest BCUT2D eigenvalue weighted by molar-refractivity contribution is -0.132. The predicted octanol–water partition coefficient (Wildman–Crippen LogP) is 0.0115. The lowest BCUT2D eigenvalue weighted by atomic mass is 10.2. The first-order valence-corrected chi connectivity index (χ1v) is 8.95. The van der Waals surface area contributed by atoms with Crippen molar-refractivity contribution >= 4 is 17.7 Å². The van der Waals surface area contributed by atoms with E-state index in [1.54, 1.807) is 19.0 Å². The number of amides is 3. The van der Waals surface area contributed by atoms with Gasteiger partial charge in [-0.25, -0.2) is 0 Å². The Bertz CT molecular complexity index is 467. The molecule has 0 unspecified atom stereocenters. The van der Waals surface area contributed by atoms with E-state index in [4.69, 9.17) is 0 Å². The number of hydrogen-bond donors (Lipinski definition) is 0. The van der Waals surface area contributed by atoms with Crippen molar-refractivity contribution in [2.45, 2.75) is 32.1 Å². The van der Waals surface area contributed by atoms with Crippen molar-refractivity contribution in [3.8, 4) is 0 Å². The molecule has 7 nitrogen and oxygen atoms in total. The van der Waals surface area contributed by atoms with Gasteiger partial charge in [0.05, 0.1) is 6.54 Å². The summed E-state index contributed by atoms with van der Waals surface area (Å²) in [6.45, 7) is 5.00. The van der Waals surface area contributed by atoms with E-state index < -0.39 is 0 Å². The third-order valence-corrected chi connectivity index (χ3v) is 4.79. The molecular weight excluding hydrogens is 308 g/mol. The van der Waals surface area contributed by atoms with Crippen LogP contribution in [0.25, 0.3) is 0 Å². The fourth-order valence-corrected chi connectivity index (χ4v) is 3.23. The topological polar surface area (TPSA) is 64.2 Å². The lowest BCUT2D eigenvalue weighted by Crippen LogP contribution is -2.39. The molecule has 0 radical (unpaired) electrons. The van der Waals surface area contributed by atoms with E-state index in [-0.39, 0.29) is 17.7 Å². The minimum Gasteiger partial charge on any atom is -0.348 e. The average Bonchev–Trinajstić information content (AvgIpc) is 2.81. The molecule has 2 heterocycles. The van der Waals surface area contributed by atoms with Crippen LogP contribution in [0.5, 0.6) is 0 Å². The molecule has 3 amide bonds. The molecule has 0 aromatic heterocycles. The maximum atomic E-state index is 12.4. The highest BCUT2D eigenvalue weighted by atomic mass is 16.2. The third kappa shape index (κ3) is 5.47. The molecule has 24 heavy (non-hydrogen) atoms. The van der Waals surface area contributed by atoms with Gasteiger partial charge in [-0.05, 0) is 19.3 Å². The second-order valence-corrected chi connectivity index (χ2v) is 6.89. The molecule has 2 saturated heterocycles. The van der Waals surface area contributed by atoms with Crippen LogP contribution in [-0.4, -0.2) is 97.2 Å². The van der Waals surface area contributed by atoms with Gasteiger partial charge >= 0.3 is 0 Å². The van der Waals surface area contributed by atoms with E-state index in [1.807, 2.05) is 9.80 Å². The average molecular weight is 338 g/mol. The van der Waals surface area contributed by atoms with Crippen LogP contribution in [0.4, 0.5) is 0 Å². The minimum absolute atomic E-state index is 0.102. The van der Waals surface area contributed by atoms with Gasteiger partial charge < -0.3 is 14.7 Å². The van der Waals surface area contributed by atoms with Crippen LogP contribution >= 0.6 is 0 Å². The lowest BCUT2D eigenvalue weighted by Gasteiger charge is -2.23. The van der Waals surface area contributed by atoms with Gasteiger partial charge in [0.1, 0.15) is 0 Å². The highest BCUT2D eigenvalue weighted by Crippen LogP contribution is 2.12. The Hall–Kier alpha value is -1.63. The maximum absolute atomic E-state index is 12.4. The van der Waals surface area contributed by atoms with Crippen molar-refractivity contribution < 1.29 is 14.4 Å². The Morgan fingerprint density at radius 2 is 1.83 bits per heavy atom. The Labute approximate surface area is 144 Å². The number of nitrogens with zero attached hydrogens (tertiary/aromatic N) is 4. The minimum atomic E-state index is 0.102. The smallest absolute Gasteiger partial charge is 0.236 e. The van der Waals surface area contributed by atoms with Gasteiger partial charge in [0.25, 0.3) is 0 Å². The summed E-state index contributed by atoms with van der Waals surface area (Å²) in [5.41, 5.74) is 0. The highest BCUT2D eigenvalue weighted by Gasteiger charge is 2.22. The molecule has 0 atom stereocenters. The number of likely N-dealkylation sites (tertiary alicyclic amines) is 1. The van der Waals surface area contributed by atoms with Crippen LogP contribution in [-0.2, 0) is 14.4 Å². The van der Waals surface area contributed by atoms with Gasteiger partial charge in [0.15, 0.2) is 0 Å². The highest BCUT2D eigenvalue weighted by molar-refractivity contribution is 5.79. The van der Waals surface area contributed by atoms with Crippen molar-refractivity contribution in [3.63, 3.8) is 0 Å². The summed E-state index contributed by atoms with van der Waals surface area (Å²) >= 11 is 0. The number of rotatable bonds is 6. The standard InChI is InChI=1S/C17H30N4O3/c1-18(2)17(24)14-19-8-5-11-21(13-12-19)16(23)7-4-10-20-9-3-6-15(20)22/h3-14H2,1-2H3. The first-order valence-electron chi connectivity index (χ1n) is 8.95. The molecule has 0 aromatic carbocycles. The largest absolute Gasteiger partial charge is 0.348 e. The molecule has 2 fully saturated rings. The normalized spacial score (nSPS) is 19.5. The van der Waals surface area contributed by atoms with E-state index >= 15 is 0 Å². The summed E-state index contributed by atoms with van der Waals surface area (Å²) in [7, 11) is 3.53. The molecule has 7 heteroatoms. The number of carbonyl (C=O) groups excluding carboxylic acids is 3. The van der Waals surface area contributed by atoms with Crippen molar-refractivity contribution in [1.82, 2.24) is 19.6 Å². The van der Waals surface area contributed by atoms with E-state index in [2.05, 4.69) is 4.90 Å². The number of carbonyl (C=O) groups is 3. The molecule has 2 aliphatic heterocycles. The summed E-state index contributed by atoms with van der Waals surface area (Å²) in [6, 6.07) is 0. The van der Waals surface area contributed by atoms with Crippen LogP contribution in [0, 0.1) is 0 Å². The van der Waals surface area contributed by atoms with Gasteiger partial charge in [-0.1, -0.05) is 0 Å². The molecule has 0 spiro atoms. The molecule has 2 rings (SSSR count). The summed E-state index contributed by atoms with van der Waals surface area (Å²) in [6.07, 6.45) is 3.74. The SMILES string of the molecule is CN(C)C(=O)CN1CCCN(C(=O)CCCN2CCCC2=O)CC1. The van der Waals surface area contributed by atoms with Crippen LogP contribution in [0.15, 0.2) is 0 Å². The second kappa shape index (κ2) is 9.01. The predicted molar refractivity (Wildman–Crippen MR) is 91.4 cm³/mol. The maximum Gasteiger partial charge on any atom is 0.236 e. The van der Waals surface area contributed by atoms with Crippen molar-refractivity contribution in [3.05, 3.63) is 0 Å². The van der Waals surface area contributed by atoms with Crippen molar-refractivity contribution in [2.24, 2.45) is 0 Å². The monoisotopic (exact) mass is 338 g/mol. The van der Waals surface area contributed by atoms with Crippen LogP contribution < -0.4 is 0 Å². The van der Waals surface area contributed by atoms with Gasteiger partial charge in [-0.15, -0.1) is 0 Å². The zero-order chi connectivity index (χ0) is 17.5. The molecule has 0 aliphatic carbocycles. The fourth-order valence-electron chi connectivity index (χ4n) is 3.23. The zero-order valence-electron chi connectivity index (χ0n) is 15.0. The fraction of sp³-hybridized carbons (Fsp3) is 0.824. The number of hydrogen-bond acceptors (Lipinski definition) is 4. The summed E-state index contributed by atoms with van der Waals surface area (Å²) in [4.78, 5) is 43.2. The summed E-state index contributed by atoms with van der Waals surface area (Å²) in [5, 5.41) is 0. The van der Waals surface area contributed by atoms with Crippen LogP contribution in [0.3, 0.4) is 0 Å². The van der Waals surface area contributed by atoms with Crippen molar-refractivity contribution in [1.29, 1.82) is 0 Å². The Morgan fingerprint density at radius 3 is 2.50 bits per heavy atom. The first kappa shape index (κ1) is 18.7. The first-order chi connectivity index (χ1) is 11.5. The molecular formula is C17H30N4O3. The molecule has 0 bridgehead atoms. The Kier molecular flexibility index (Phi) is 7.02. The molecule has 0 N–H and O–H groups in total. The molecule has 0 aromatic rings. The quantitative estimate of drug-likeness (QED) is 0.684. The van der Waals surface area contributed by atoms with Gasteiger partial charge in [0.2, 0.25) is 17.7 Å². The second-order valence-electron chi connectivity index (χ2n) is 6.89. The van der Waals surface area contributed by atoms with E-state index in [9.17, 15) is 14.4 Å². The third-order valence-electron chi connectivity index (χ3n) is 4.79. The Morgan fingerprint density at radius 1 is 1.04 bits per heavy atom. The van der Waals surface area contributed by atoms with E-state index in [0.29, 0.717) is 32.5 Å². The van der Waals surface area contributed by atoms with Crippen molar-refractivity contribution in [2.75, 3.05) is 59.9 Å². The summed E-state index contributed by atoms with van der Waals surface area (Å²) in [5.74, 6) is 0.492. The van der Waals surface area contributed by atoms with E-state index in [1.165, 1.54) is 0 Å².